The molecule has 0 aliphatic rings. The molecule has 0 amide bonds. The fourth-order valence-corrected chi connectivity index (χ4v) is 2.11. The molecule has 92 valence electrons. The third-order valence-electron chi connectivity index (χ3n) is 1.86. The van der Waals surface area contributed by atoms with Gasteiger partial charge in [-0.1, -0.05) is 24.0 Å². The minimum Gasteiger partial charge on any atom is -0.481 e. The van der Waals surface area contributed by atoms with E-state index in [2.05, 4.69) is 5.32 Å². The molecule has 0 bridgehead atoms. The standard InChI is InChI=1S/C11H12FNO2S2/c12-8-3-5-9(6-4-8)13-11(16)17-7-1-2-10(14)15/h3-6H,1-2,7H2,(H,13,16)(H,14,15). The summed E-state index contributed by atoms with van der Waals surface area (Å²) in [6.07, 6.45) is 0.720. The first-order valence-electron chi connectivity index (χ1n) is 4.99. The number of hydrogen-bond donors (Lipinski definition) is 2. The van der Waals surface area contributed by atoms with Crippen LogP contribution in [-0.2, 0) is 4.79 Å². The van der Waals surface area contributed by atoms with E-state index in [0.717, 1.165) is 5.69 Å². The molecule has 1 aromatic carbocycles. The number of rotatable bonds is 5. The molecule has 0 heterocycles. The molecular weight excluding hydrogens is 261 g/mol. The van der Waals surface area contributed by atoms with Gasteiger partial charge in [0.2, 0.25) is 0 Å². The Morgan fingerprint density at radius 1 is 1.41 bits per heavy atom. The van der Waals surface area contributed by atoms with Crippen LogP contribution in [0.4, 0.5) is 10.1 Å². The number of thioether (sulfide) groups is 1. The van der Waals surface area contributed by atoms with Crippen molar-refractivity contribution >= 4 is 40.0 Å². The molecule has 3 nitrogen and oxygen atoms in total. The van der Waals surface area contributed by atoms with E-state index in [1.807, 2.05) is 0 Å². The Hall–Kier alpha value is -1.14. The maximum atomic E-state index is 12.6. The van der Waals surface area contributed by atoms with Crippen molar-refractivity contribution in [3.8, 4) is 0 Å². The van der Waals surface area contributed by atoms with Gasteiger partial charge in [-0.2, -0.15) is 0 Å². The van der Waals surface area contributed by atoms with E-state index in [9.17, 15) is 9.18 Å². The molecule has 0 aliphatic carbocycles. The summed E-state index contributed by atoms with van der Waals surface area (Å²) in [5.41, 5.74) is 0.724. The van der Waals surface area contributed by atoms with Crippen LogP contribution in [0.15, 0.2) is 24.3 Å². The molecule has 0 aromatic heterocycles. The highest BCUT2D eigenvalue weighted by Crippen LogP contribution is 2.13. The molecule has 0 aliphatic heterocycles. The number of carbonyl (C=O) groups is 1. The molecule has 17 heavy (non-hydrogen) atoms. The fourth-order valence-electron chi connectivity index (χ4n) is 1.08. The first kappa shape index (κ1) is 13.9. The third kappa shape index (κ3) is 6.23. The molecule has 0 radical (unpaired) electrons. The van der Waals surface area contributed by atoms with E-state index in [-0.39, 0.29) is 12.2 Å². The van der Waals surface area contributed by atoms with E-state index in [4.69, 9.17) is 17.3 Å². The van der Waals surface area contributed by atoms with Gasteiger partial charge >= 0.3 is 5.97 Å². The Morgan fingerprint density at radius 2 is 2.06 bits per heavy atom. The van der Waals surface area contributed by atoms with Gasteiger partial charge in [0.05, 0.1) is 0 Å². The van der Waals surface area contributed by atoms with E-state index in [0.29, 0.717) is 16.5 Å². The Labute approximate surface area is 108 Å². The summed E-state index contributed by atoms with van der Waals surface area (Å²) in [6, 6.07) is 5.89. The number of anilines is 1. The molecule has 1 rings (SSSR count). The van der Waals surface area contributed by atoms with Crippen molar-refractivity contribution in [1.29, 1.82) is 0 Å². The fraction of sp³-hybridized carbons (Fsp3) is 0.273. The van der Waals surface area contributed by atoms with Crippen LogP contribution in [-0.4, -0.2) is 21.1 Å². The zero-order valence-corrected chi connectivity index (χ0v) is 10.6. The second-order valence-corrected chi connectivity index (χ2v) is 5.04. The van der Waals surface area contributed by atoms with Gasteiger partial charge in [0, 0.05) is 17.9 Å². The normalized spacial score (nSPS) is 9.94. The zero-order valence-electron chi connectivity index (χ0n) is 8.98. The quantitative estimate of drug-likeness (QED) is 0.637. The Kier molecular flexibility index (Phi) is 5.93. The van der Waals surface area contributed by atoms with E-state index < -0.39 is 5.97 Å². The molecule has 0 unspecified atom stereocenters. The maximum Gasteiger partial charge on any atom is 0.303 e. The molecule has 1 aromatic rings. The van der Waals surface area contributed by atoms with Gasteiger partial charge < -0.3 is 10.4 Å². The van der Waals surface area contributed by atoms with Crippen molar-refractivity contribution in [2.24, 2.45) is 0 Å². The number of thiocarbonyl (C=S) groups is 1. The van der Waals surface area contributed by atoms with Crippen molar-refractivity contribution in [3.05, 3.63) is 30.1 Å². The maximum absolute atomic E-state index is 12.6. The van der Waals surface area contributed by atoms with Crippen LogP contribution in [0, 0.1) is 5.82 Å². The van der Waals surface area contributed by atoms with Crippen LogP contribution in [0.25, 0.3) is 0 Å². The number of carboxylic acids is 1. The third-order valence-corrected chi connectivity index (χ3v) is 3.17. The van der Waals surface area contributed by atoms with E-state index >= 15 is 0 Å². The Bertz CT molecular complexity index is 395. The van der Waals surface area contributed by atoms with Crippen LogP contribution >= 0.6 is 24.0 Å². The highest BCUT2D eigenvalue weighted by Gasteiger charge is 2.01. The smallest absolute Gasteiger partial charge is 0.303 e. The largest absolute Gasteiger partial charge is 0.481 e. The summed E-state index contributed by atoms with van der Waals surface area (Å²) in [6.45, 7) is 0. The first-order valence-corrected chi connectivity index (χ1v) is 6.38. The molecule has 2 N–H and O–H groups in total. The molecule has 0 atom stereocenters. The SMILES string of the molecule is O=C(O)CCCSC(=S)Nc1ccc(F)cc1. The van der Waals surface area contributed by atoms with Gasteiger partial charge in [0.15, 0.2) is 0 Å². The van der Waals surface area contributed by atoms with Crippen molar-refractivity contribution in [3.63, 3.8) is 0 Å². The number of carboxylic acid groups (broad SMARTS) is 1. The lowest BCUT2D eigenvalue weighted by Gasteiger charge is -2.06. The summed E-state index contributed by atoms with van der Waals surface area (Å²) in [7, 11) is 0. The van der Waals surface area contributed by atoms with Crippen LogP contribution in [0.5, 0.6) is 0 Å². The highest BCUT2D eigenvalue weighted by atomic mass is 32.2. The lowest BCUT2D eigenvalue weighted by Crippen LogP contribution is -2.05. The lowest BCUT2D eigenvalue weighted by molar-refractivity contribution is -0.137. The Morgan fingerprint density at radius 3 is 2.65 bits per heavy atom. The Balaban J connectivity index is 2.25. The minimum atomic E-state index is -0.803. The number of benzene rings is 1. The zero-order chi connectivity index (χ0) is 12.7. The van der Waals surface area contributed by atoms with Crippen LogP contribution in [0.2, 0.25) is 0 Å². The predicted molar refractivity (Wildman–Crippen MR) is 71.9 cm³/mol. The first-order chi connectivity index (χ1) is 8.08. The van der Waals surface area contributed by atoms with Crippen molar-refractivity contribution in [1.82, 2.24) is 0 Å². The molecule has 0 spiro atoms. The molecule has 0 saturated heterocycles. The predicted octanol–water partition coefficient (Wildman–Crippen LogP) is 3.12. The topological polar surface area (TPSA) is 49.3 Å². The second-order valence-electron chi connectivity index (χ2n) is 3.27. The minimum absolute atomic E-state index is 0.145. The van der Waals surface area contributed by atoms with Crippen LogP contribution < -0.4 is 5.32 Å². The molecule has 0 saturated carbocycles. The number of halogens is 1. The number of aliphatic carboxylic acids is 1. The van der Waals surface area contributed by atoms with Crippen molar-refractivity contribution in [2.45, 2.75) is 12.8 Å². The molecule has 6 heteroatoms. The lowest BCUT2D eigenvalue weighted by atomic mass is 10.3. The van der Waals surface area contributed by atoms with Crippen molar-refractivity contribution in [2.75, 3.05) is 11.1 Å². The number of nitrogens with one attached hydrogen (secondary N) is 1. The average Bonchev–Trinajstić information content (AvgIpc) is 2.27. The summed E-state index contributed by atoms with van der Waals surface area (Å²) in [4.78, 5) is 10.3. The monoisotopic (exact) mass is 273 g/mol. The van der Waals surface area contributed by atoms with Gasteiger partial charge in [-0.15, -0.1) is 0 Å². The van der Waals surface area contributed by atoms with Crippen LogP contribution in [0.1, 0.15) is 12.8 Å². The van der Waals surface area contributed by atoms with Crippen molar-refractivity contribution < 1.29 is 14.3 Å². The van der Waals surface area contributed by atoms with Gasteiger partial charge in [-0.3, -0.25) is 4.79 Å². The summed E-state index contributed by atoms with van der Waals surface area (Å²) in [5.74, 6) is -0.446. The van der Waals surface area contributed by atoms with E-state index in [1.54, 1.807) is 12.1 Å². The van der Waals surface area contributed by atoms with Crippen LogP contribution in [0.3, 0.4) is 0 Å². The molecule has 0 fully saturated rings. The highest BCUT2D eigenvalue weighted by molar-refractivity contribution is 8.23. The summed E-state index contributed by atoms with van der Waals surface area (Å²) >= 11 is 6.44. The van der Waals surface area contributed by atoms with Gasteiger partial charge in [0.25, 0.3) is 0 Å². The summed E-state index contributed by atoms with van der Waals surface area (Å²) in [5, 5.41) is 11.4. The number of hydrogen-bond acceptors (Lipinski definition) is 3. The van der Waals surface area contributed by atoms with Gasteiger partial charge in [-0.05, 0) is 30.7 Å². The van der Waals surface area contributed by atoms with Gasteiger partial charge in [0.1, 0.15) is 10.1 Å². The molecular formula is C11H12FNO2S2. The summed E-state index contributed by atoms with van der Waals surface area (Å²) < 4.78 is 13.2. The van der Waals surface area contributed by atoms with Gasteiger partial charge in [-0.25, -0.2) is 4.39 Å². The second kappa shape index (κ2) is 7.24. The average molecular weight is 273 g/mol. The van der Waals surface area contributed by atoms with E-state index in [1.165, 1.54) is 23.9 Å².